The molecule has 2 unspecified atom stereocenters. The summed E-state index contributed by atoms with van der Waals surface area (Å²) in [5.74, 6) is 0. The Hall–Kier alpha value is 0.140. The molecule has 0 spiro atoms. The summed E-state index contributed by atoms with van der Waals surface area (Å²) < 4.78 is 1.09. The number of likely N-dealkylation sites (tertiary alicyclic amines) is 1. The molecule has 1 fully saturated rings. The lowest BCUT2D eigenvalue weighted by atomic mass is 9.98. The van der Waals surface area contributed by atoms with Crippen LogP contribution in [-0.4, -0.2) is 36.6 Å². The monoisotopic (exact) mass is 260 g/mol. The Morgan fingerprint density at radius 3 is 2.86 bits per heavy atom. The largest absolute Gasteiger partial charge is 0.314 e. The van der Waals surface area contributed by atoms with Crippen molar-refractivity contribution in [1.29, 1.82) is 0 Å². The molecular weight excluding hydrogens is 240 g/mol. The van der Waals surface area contributed by atoms with Gasteiger partial charge >= 0.3 is 0 Å². The van der Waals surface area contributed by atoms with E-state index in [9.17, 15) is 0 Å². The van der Waals surface area contributed by atoms with Crippen molar-refractivity contribution in [2.24, 2.45) is 0 Å². The summed E-state index contributed by atoms with van der Waals surface area (Å²) in [5.41, 5.74) is 0. The van der Waals surface area contributed by atoms with E-state index in [0.29, 0.717) is 6.04 Å². The van der Waals surface area contributed by atoms with Gasteiger partial charge in [0.15, 0.2) is 0 Å². The summed E-state index contributed by atoms with van der Waals surface area (Å²) in [5, 5.41) is 3.53. The molecule has 0 radical (unpaired) electrons. The maximum Gasteiger partial charge on any atom is 0.0296 e. The minimum absolute atomic E-state index is 0.669. The lowest BCUT2D eigenvalue weighted by Gasteiger charge is -2.37. The number of hydrogen-bond acceptors (Lipinski definition) is 2. The topological polar surface area (TPSA) is 15.3 Å². The molecule has 1 aliphatic heterocycles. The second-order valence-corrected chi connectivity index (χ2v) is 5.24. The molecule has 0 aromatic rings. The molecule has 82 valence electrons. The van der Waals surface area contributed by atoms with Crippen LogP contribution in [0.5, 0.6) is 0 Å². The van der Waals surface area contributed by atoms with Gasteiger partial charge in [-0.15, -0.1) is 0 Å². The number of rotatable bonds is 4. The van der Waals surface area contributed by atoms with Gasteiger partial charge < -0.3 is 5.32 Å². The number of hydrogen-bond donors (Lipinski definition) is 1. The van der Waals surface area contributed by atoms with Crippen molar-refractivity contribution < 1.29 is 0 Å². The number of halogens is 1. The highest BCUT2D eigenvalue weighted by Gasteiger charge is 2.24. The minimum atomic E-state index is 0.669. The van der Waals surface area contributed by atoms with Crippen molar-refractivity contribution in [2.45, 2.75) is 38.8 Å². The van der Waals surface area contributed by atoms with E-state index in [1.165, 1.54) is 19.4 Å². The van der Waals surface area contributed by atoms with Crippen LogP contribution in [0.25, 0.3) is 0 Å². The van der Waals surface area contributed by atoms with Gasteiger partial charge in [-0.1, -0.05) is 29.4 Å². The molecular formula is C11H21BrN2. The van der Waals surface area contributed by atoms with Crippen molar-refractivity contribution >= 4 is 15.9 Å². The smallest absolute Gasteiger partial charge is 0.0296 e. The van der Waals surface area contributed by atoms with Crippen LogP contribution in [0.3, 0.4) is 0 Å². The summed E-state index contributed by atoms with van der Waals surface area (Å²) in [7, 11) is 0. The number of nitrogens with one attached hydrogen (secondary N) is 1. The lowest BCUT2D eigenvalue weighted by molar-refractivity contribution is 0.151. The molecule has 1 saturated heterocycles. The molecule has 0 aromatic carbocycles. The zero-order valence-electron chi connectivity index (χ0n) is 9.22. The maximum absolute atomic E-state index is 3.90. The van der Waals surface area contributed by atoms with Crippen LogP contribution >= 0.6 is 15.9 Å². The second-order valence-electron chi connectivity index (χ2n) is 4.12. The van der Waals surface area contributed by atoms with Gasteiger partial charge in [0, 0.05) is 29.7 Å². The molecule has 1 aliphatic rings. The Balaban J connectivity index is 2.35. The number of piperidine rings is 1. The van der Waals surface area contributed by atoms with Gasteiger partial charge in [0.1, 0.15) is 0 Å². The van der Waals surface area contributed by atoms with Crippen molar-refractivity contribution in [3.05, 3.63) is 11.1 Å². The zero-order valence-corrected chi connectivity index (χ0v) is 10.8. The third-order valence-electron chi connectivity index (χ3n) is 2.88. The third kappa shape index (κ3) is 3.71. The summed E-state index contributed by atoms with van der Waals surface area (Å²) in [6.45, 7) is 11.6. The molecule has 0 saturated carbocycles. The Morgan fingerprint density at radius 1 is 1.64 bits per heavy atom. The fraction of sp³-hybridized carbons (Fsp3) is 0.818. The molecule has 1 rings (SSSR count). The van der Waals surface area contributed by atoms with Crippen LogP contribution < -0.4 is 5.32 Å². The van der Waals surface area contributed by atoms with Gasteiger partial charge in [-0.25, -0.2) is 0 Å². The zero-order chi connectivity index (χ0) is 10.6. The predicted molar refractivity (Wildman–Crippen MR) is 65.8 cm³/mol. The highest BCUT2D eigenvalue weighted by Crippen LogP contribution is 2.19. The van der Waals surface area contributed by atoms with Gasteiger partial charge in [-0.3, -0.25) is 4.90 Å². The molecule has 0 amide bonds. The Morgan fingerprint density at radius 2 is 2.36 bits per heavy atom. The molecule has 0 bridgehead atoms. The first-order valence-corrected chi connectivity index (χ1v) is 6.23. The summed E-state index contributed by atoms with van der Waals surface area (Å²) in [6, 6.07) is 1.39. The normalized spacial score (nSPS) is 29.1. The molecule has 2 atom stereocenters. The minimum Gasteiger partial charge on any atom is -0.314 e. The van der Waals surface area contributed by atoms with E-state index < -0.39 is 0 Å². The predicted octanol–water partition coefficient (Wildman–Crippen LogP) is 2.36. The fourth-order valence-electron chi connectivity index (χ4n) is 2.15. The fourth-order valence-corrected chi connectivity index (χ4v) is 2.47. The third-order valence-corrected chi connectivity index (χ3v) is 3.13. The quantitative estimate of drug-likeness (QED) is 0.835. The van der Waals surface area contributed by atoms with Gasteiger partial charge in [0.05, 0.1) is 0 Å². The van der Waals surface area contributed by atoms with E-state index in [2.05, 4.69) is 46.6 Å². The molecule has 1 heterocycles. The molecule has 0 aliphatic carbocycles. The highest BCUT2D eigenvalue weighted by molar-refractivity contribution is 9.11. The van der Waals surface area contributed by atoms with E-state index in [1.807, 2.05) is 0 Å². The van der Waals surface area contributed by atoms with E-state index in [0.717, 1.165) is 23.6 Å². The Kier molecular flexibility index (Phi) is 5.13. The first-order valence-electron chi connectivity index (χ1n) is 5.44. The van der Waals surface area contributed by atoms with Crippen LogP contribution in [0.15, 0.2) is 11.1 Å². The van der Waals surface area contributed by atoms with Gasteiger partial charge in [0.2, 0.25) is 0 Å². The number of nitrogens with zero attached hydrogens (tertiary/aromatic N) is 1. The Labute approximate surface area is 95.9 Å². The molecule has 3 heteroatoms. The Bertz CT molecular complexity index is 194. The molecule has 1 N–H and O–H groups in total. The van der Waals surface area contributed by atoms with E-state index in [4.69, 9.17) is 0 Å². The van der Waals surface area contributed by atoms with Crippen LogP contribution in [-0.2, 0) is 0 Å². The van der Waals surface area contributed by atoms with Crippen LogP contribution in [0.2, 0.25) is 0 Å². The highest BCUT2D eigenvalue weighted by atomic mass is 79.9. The first kappa shape index (κ1) is 12.2. The van der Waals surface area contributed by atoms with Crippen LogP contribution in [0.1, 0.15) is 26.7 Å². The summed E-state index contributed by atoms with van der Waals surface area (Å²) >= 11 is 3.43. The van der Waals surface area contributed by atoms with Gasteiger partial charge in [-0.2, -0.15) is 0 Å². The second kappa shape index (κ2) is 5.89. The van der Waals surface area contributed by atoms with Crippen molar-refractivity contribution in [3.63, 3.8) is 0 Å². The van der Waals surface area contributed by atoms with E-state index in [-0.39, 0.29) is 0 Å². The molecule has 0 aromatic heterocycles. The molecule has 2 nitrogen and oxygen atoms in total. The lowest BCUT2D eigenvalue weighted by Crippen LogP contribution is -2.47. The van der Waals surface area contributed by atoms with Crippen molar-refractivity contribution in [3.8, 4) is 0 Å². The maximum atomic E-state index is 3.90. The summed E-state index contributed by atoms with van der Waals surface area (Å²) in [6.07, 6.45) is 2.52. The van der Waals surface area contributed by atoms with Crippen LogP contribution in [0, 0.1) is 0 Å². The summed E-state index contributed by atoms with van der Waals surface area (Å²) in [4.78, 5) is 2.49. The van der Waals surface area contributed by atoms with Crippen LogP contribution in [0.4, 0.5) is 0 Å². The van der Waals surface area contributed by atoms with Gasteiger partial charge in [0.25, 0.3) is 0 Å². The molecule has 14 heavy (non-hydrogen) atoms. The van der Waals surface area contributed by atoms with Gasteiger partial charge in [-0.05, 0) is 26.3 Å². The average molecular weight is 261 g/mol. The van der Waals surface area contributed by atoms with Crippen molar-refractivity contribution in [2.75, 3.05) is 19.6 Å². The standard InChI is InChI=1S/C11H21BrN2/c1-4-13-11-5-6-14(8-9(2)12)10(3)7-11/h10-11,13H,2,4-8H2,1,3H3. The van der Waals surface area contributed by atoms with Crippen molar-refractivity contribution in [1.82, 2.24) is 10.2 Å². The first-order chi connectivity index (χ1) is 6.63. The van der Waals surface area contributed by atoms with E-state index in [1.54, 1.807) is 0 Å². The van der Waals surface area contributed by atoms with E-state index >= 15 is 0 Å². The SMILES string of the molecule is C=C(Br)CN1CCC(NCC)CC1C. The average Bonchev–Trinajstić information content (AvgIpc) is 2.10.